The summed E-state index contributed by atoms with van der Waals surface area (Å²) >= 11 is 5.66. The zero-order valence-electron chi connectivity index (χ0n) is 10.0. The van der Waals surface area contributed by atoms with Crippen LogP contribution in [0.5, 0.6) is 0 Å². The number of imidazole rings is 1. The lowest BCUT2D eigenvalue weighted by atomic mass is 10.3. The first-order chi connectivity index (χ1) is 9.08. The summed E-state index contributed by atoms with van der Waals surface area (Å²) in [6, 6.07) is 2.72. The number of aromatic amines is 1. The molecular formula is C11H13ClN4O2S. The van der Waals surface area contributed by atoms with Crippen molar-refractivity contribution in [2.24, 2.45) is 0 Å². The molecule has 6 nitrogen and oxygen atoms in total. The fourth-order valence-electron chi connectivity index (χ4n) is 1.53. The molecule has 2 rings (SSSR count). The molecule has 19 heavy (non-hydrogen) atoms. The molecule has 0 saturated carbocycles. The zero-order chi connectivity index (χ0) is 13.7. The van der Waals surface area contributed by atoms with Crippen LogP contribution in [-0.4, -0.2) is 29.9 Å². The highest BCUT2D eigenvalue weighted by molar-refractivity contribution is 7.89. The van der Waals surface area contributed by atoms with E-state index in [0.717, 1.165) is 5.82 Å². The standard InChI is InChI=1S/C11H13ClN4O2S/c12-10-8-9(3-5-13-10)19(17,18)16-4-1-2-11-14-6-7-15-11/h3,5-8,16H,1-2,4H2,(H,14,15). The third kappa shape index (κ3) is 4.02. The molecule has 0 spiro atoms. The van der Waals surface area contributed by atoms with E-state index in [1.54, 1.807) is 12.4 Å². The fourth-order valence-corrected chi connectivity index (χ4v) is 2.86. The van der Waals surface area contributed by atoms with Gasteiger partial charge in [-0.2, -0.15) is 0 Å². The average molecular weight is 301 g/mol. The van der Waals surface area contributed by atoms with Gasteiger partial charge < -0.3 is 4.98 Å². The monoisotopic (exact) mass is 300 g/mol. The van der Waals surface area contributed by atoms with Crippen LogP contribution in [0.4, 0.5) is 0 Å². The summed E-state index contributed by atoms with van der Waals surface area (Å²) in [6.45, 7) is 0.336. The minimum absolute atomic E-state index is 0.116. The van der Waals surface area contributed by atoms with Crippen molar-refractivity contribution < 1.29 is 8.42 Å². The van der Waals surface area contributed by atoms with Crippen LogP contribution in [0, 0.1) is 0 Å². The second-order valence-electron chi connectivity index (χ2n) is 3.85. The van der Waals surface area contributed by atoms with Gasteiger partial charge >= 0.3 is 0 Å². The SMILES string of the molecule is O=S(=O)(NCCCc1ncc[nH]1)c1ccnc(Cl)c1. The van der Waals surface area contributed by atoms with Crippen molar-refractivity contribution in [3.8, 4) is 0 Å². The molecule has 0 saturated heterocycles. The van der Waals surface area contributed by atoms with Crippen molar-refractivity contribution in [2.45, 2.75) is 17.7 Å². The van der Waals surface area contributed by atoms with Crippen molar-refractivity contribution in [1.82, 2.24) is 19.7 Å². The summed E-state index contributed by atoms with van der Waals surface area (Å²) in [5.74, 6) is 0.839. The molecule has 2 aromatic heterocycles. The molecule has 0 fully saturated rings. The smallest absolute Gasteiger partial charge is 0.240 e. The van der Waals surface area contributed by atoms with E-state index < -0.39 is 10.0 Å². The van der Waals surface area contributed by atoms with E-state index in [1.807, 2.05) is 0 Å². The maximum absolute atomic E-state index is 11.9. The van der Waals surface area contributed by atoms with Gasteiger partial charge in [0.2, 0.25) is 10.0 Å². The first kappa shape index (κ1) is 14.0. The van der Waals surface area contributed by atoms with Crippen LogP contribution in [0.15, 0.2) is 35.6 Å². The van der Waals surface area contributed by atoms with Crippen LogP contribution < -0.4 is 4.72 Å². The van der Waals surface area contributed by atoms with E-state index >= 15 is 0 Å². The summed E-state index contributed by atoms with van der Waals surface area (Å²) in [6.07, 6.45) is 6.11. The van der Waals surface area contributed by atoms with E-state index in [4.69, 9.17) is 11.6 Å². The van der Waals surface area contributed by atoms with Crippen molar-refractivity contribution >= 4 is 21.6 Å². The number of pyridine rings is 1. The topological polar surface area (TPSA) is 87.7 Å². The molecule has 0 unspecified atom stereocenters. The second kappa shape index (κ2) is 6.14. The molecule has 0 bridgehead atoms. The van der Waals surface area contributed by atoms with Gasteiger partial charge in [-0.15, -0.1) is 0 Å². The molecule has 0 radical (unpaired) electrons. The molecule has 0 atom stereocenters. The van der Waals surface area contributed by atoms with Gasteiger partial charge in [-0.3, -0.25) is 0 Å². The predicted octanol–water partition coefficient (Wildman–Crippen LogP) is 1.37. The normalized spacial score (nSPS) is 11.6. The van der Waals surface area contributed by atoms with Crippen LogP contribution in [0.2, 0.25) is 5.15 Å². The minimum Gasteiger partial charge on any atom is -0.349 e. The summed E-state index contributed by atoms with van der Waals surface area (Å²) in [5, 5.41) is 0.151. The molecule has 0 aliphatic carbocycles. The number of hydrogen-bond acceptors (Lipinski definition) is 4. The van der Waals surface area contributed by atoms with Gasteiger partial charge in [0.15, 0.2) is 0 Å². The van der Waals surface area contributed by atoms with Gasteiger partial charge in [-0.05, 0) is 18.6 Å². The molecule has 0 aliphatic rings. The molecule has 0 aromatic carbocycles. The largest absolute Gasteiger partial charge is 0.349 e. The number of H-pyrrole nitrogens is 1. The first-order valence-electron chi connectivity index (χ1n) is 5.67. The van der Waals surface area contributed by atoms with Crippen molar-refractivity contribution in [3.63, 3.8) is 0 Å². The van der Waals surface area contributed by atoms with Crippen molar-refractivity contribution in [1.29, 1.82) is 0 Å². The number of nitrogens with one attached hydrogen (secondary N) is 2. The lowest BCUT2D eigenvalue weighted by molar-refractivity contribution is 0.578. The molecular weight excluding hydrogens is 288 g/mol. The summed E-state index contributed by atoms with van der Waals surface area (Å²) < 4.78 is 26.4. The molecule has 0 amide bonds. The summed E-state index contributed by atoms with van der Waals surface area (Å²) in [4.78, 5) is 10.9. The number of halogens is 1. The Kier molecular flexibility index (Phi) is 4.52. The Morgan fingerprint density at radius 2 is 2.16 bits per heavy atom. The number of sulfonamides is 1. The fraction of sp³-hybridized carbons (Fsp3) is 0.273. The zero-order valence-corrected chi connectivity index (χ0v) is 11.6. The number of aromatic nitrogens is 3. The maximum Gasteiger partial charge on any atom is 0.240 e. The second-order valence-corrected chi connectivity index (χ2v) is 6.01. The van der Waals surface area contributed by atoms with Gasteiger partial charge in [0, 0.05) is 31.6 Å². The average Bonchev–Trinajstić information content (AvgIpc) is 2.88. The Bertz CT molecular complexity index is 628. The Morgan fingerprint density at radius 1 is 1.32 bits per heavy atom. The highest BCUT2D eigenvalue weighted by atomic mass is 35.5. The van der Waals surface area contributed by atoms with Gasteiger partial charge in [0.1, 0.15) is 11.0 Å². The van der Waals surface area contributed by atoms with E-state index in [0.29, 0.717) is 19.4 Å². The Hall–Kier alpha value is -1.44. The summed E-state index contributed by atoms with van der Waals surface area (Å²) in [5.41, 5.74) is 0. The van der Waals surface area contributed by atoms with Gasteiger partial charge in [0.25, 0.3) is 0 Å². The molecule has 0 aliphatic heterocycles. The molecule has 2 N–H and O–H groups in total. The van der Waals surface area contributed by atoms with Crippen LogP contribution >= 0.6 is 11.6 Å². The number of hydrogen-bond donors (Lipinski definition) is 2. The Balaban J connectivity index is 1.88. The lowest BCUT2D eigenvalue weighted by Crippen LogP contribution is -2.25. The number of rotatable bonds is 6. The van der Waals surface area contributed by atoms with E-state index in [1.165, 1.54) is 18.3 Å². The van der Waals surface area contributed by atoms with Crippen LogP contribution in [-0.2, 0) is 16.4 Å². The van der Waals surface area contributed by atoms with Crippen molar-refractivity contribution in [2.75, 3.05) is 6.54 Å². The number of aryl methyl sites for hydroxylation is 1. The third-order valence-electron chi connectivity index (χ3n) is 2.45. The highest BCUT2D eigenvalue weighted by Gasteiger charge is 2.13. The minimum atomic E-state index is -3.53. The van der Waals surface area contributed by atoms with Crippen LogP contribution in [0.1, 0.15) is 12.2 Å². The first-order valence-corrected chi connectivity index (χ1v) is 7.53. The van der Waals surface area contributed by atoms with Crippen molar-refractivity contribution in [3.05, 3.63) is 41.7 Å². The van der Waals surface area contributed by atoms with Gasteiger partial charge in [0.05, 0.1) is 4.90 Å². The van der Waals surface area contributed by atoms with Crippen LogP contribution in [0.3, 0.4) is 0 Å². The lowest BCUT2D eigenvalue weighted by Gasteiger charge is -2.06. The number of nitrogens with zero attached hydrogens (tertiary/aromatic N) is 2. The molecule has 102 valence electrons. The van der Waals surface area contributed by atoms with Gasteiger partial charge in [-0.25, -0.2) is 23.1 Å². The van der Waals surface area contributed by atoms with E-state index in [2.05, 4.69) is 19.7 Å². The summed E-state index contributed by atoms with van der Waals surface area (Å²) in [7, 11) is -3.53. The molecule has 2 heterocycles. The molecule has 2 aromatic rings. The molecule has 8 heteroatoms. The van der Waals surface area contributed by atoms with Gasteiger partial charge in [-0.1, -0.05) is 11.6 Å². The van der Waals surface area contributed by atoms with E-state index in [-0.39, 0.29) is 10.0 Å². The van der Waals surface area contributed by atoms with E-state index in [9.17, 15) is 8.42 Å². The third-order valence-corrected chi connectivity index (χ3v) is 4.11. The Morgan fingerprint density at radius 3 is 2.84 bits per heavy atom. The Labute approximate surface area is 116 Å². The van der Waals surface area contributed by atoms with Crippen LogP contribution in [0.25, 0.3) is 0 Å². The maximum atomic E-state index is 11.9. The predicted molar refractivity (Wildman–Crippen MR) is 71.3 cm³/mol. The highest BCUT2D eigenvalue weighted by Crippen LogP contribution is 2.12. The quantitative estimate of drug-likeness (QED) is 0.623.